The zero-order valence-corrected chi connectivity index (χ0v) is 17.5. The van der Waals surface area contributed by atoms with Gasteiger partial charge in [-0.05, 0) is 38.7 Å². The number of likely N-dealkylation sites (tertiary alicyclic amines) is 1. The molecular weight excluding hydrogens is 417 g/mol. The van der Waals surface area contributed by atoms with Crippen LogP contribution in [0.5, 0.6) is 0 Å². The predicted molar refractivity (Wildman–Crippen MR) is 109 cm³/mol. The predicted octanol–water partition coefficient (Wildman–Crippen LogP) is 5.60. The van der Waals surface area contributed by atoms with Crippen molar-refractivity contribution in [1.82, 2.24) is 14.7 Å². The van der Waals surface area contributed by atoms with Gasteiger partial charge in [0.05, 0.1) is 6.04 Å². The van der Waals surface area contributed by atoms with Crippen molar-refractivity contribution in [3.63, 3.8) is 0 Å². The van der Waals surface area contributed by atoms with Crippen LogP contribution in [0.1, 0.15) is 67.7 Å². The van der Waals surface area contributed by atoms with Crippen LogP contribution in [0, 0.1) is 0 Å². The highest BCUT2D eigenvalue weighted by Gasteiger charge is 2.48. The molecule has 2 aliphatic rings. The van der Waals surface area contributed by atoms with E-state index in [2.05, 4.69) is 10.4 Å². The van der Waals surface area contributed by atoms with Crippen LogP contribution in [0.15, 0.2) is 30.3 Å². The number of carbonyl (C=O) groups excluding carboxylic acids is 1. The van der Waals surface area contributed by atoms with Crippen molar-refractivity contribution in [2.75, 3.05) is 5.32 Å². The largest absolute Gasteiger partial charge is 0.410 e. The second kappa shape index (κ2) is 7.80. The fourth-order valence-electron chi connectivity index (χ4n) is 4.57. The number of hydrogen-bond donors (Lipinski definition) is 1. The number of carbonyl (C=O) groups is 1. The van der Waals surface area contributed by atoms with Gasteiger partial charge in [-0.2, -0.15) is 18.3 Å². The molecule has 162 valence electrons. The first-order valence-electron chi connectivity index (χ1n) is 10.2. The van der Waals surface area contributed by atoms with Crippen molar-refractivity contribution in [2.45, 2.75) is 69.9 Å². The van der Waals surface area contributed by atoms with E-state index in [0.29, 0.717) is 0 Å². The van der Waals surface area contributed by atoms with Crippen LogP contribution < -0.4 is 5.32 Å². The lowest BCUT2D eigenvalue weighted by Gasteiger charge is -2.38. The highest BCUT2D eigenvalue weighted by Crippen LogP contribution is 2.46. The number of halogens is 4. The molecule has 1 fully saturated rings. The molecule has 0 aliphatic carbocycles. The van der Waals surface area contributed by atoms with Gasteiger partial charge in [0, 0.05) is 18.5 Å². The van der Waals surface area contributed by atoms with E-state index in [9.17, 15) is 18.0 Å². The molecule has 0 spiro atoms. The summed E-state index contributed by atoms with van der Waals surface area (Å²) in [6.07, 6.45) is -2.05. The van der Waals surface area contributed by atoms with Crippen molar-refractivity contribution < 1.29 is 18.0 Å². The maximum Gasteiger partial charge on any atom is 0.410 e. The van der Waals surface area contributed by atoms with Crippen molar-refractivity contribution in [3.8, 4) is 0 Å². The number of rotatable bonds is 2. The number of benzene rings is 1. The standard InChI is InChI=1S/C21H24ClF3N4O/c1-12-7-6-8-13(2)28(12)20(30)18-17(22)19-26-15(14-9-4-3-5-10-14)11-16(21(23,24)25)29(19)27-18/h3-5,9-10,12-13,15-16,26H,6-8,11H2,1-2H3/t12-,13-,15+,16-/m1/s1. The summed E-state index contributed by atoms with van der Waals surface area (Å²) in [7, 11) is 0. The molecule has 3 heterocycles. The fourth-order valence-corrected chi connectivity index (χ4v) is 4.83. The molecule has 30 heavy (non-hydrogen) atoms. The first kappa shape index (κ1) is 21.0. The molecule has 0 radical (unpaired) electrons. The van der Waals surface area contributed by atoms with Crippen LogP contribution in [-0.2, 0) is 0 Å². The van der Waals surface area contributed by atoms with Crippen molar-refractivity contribution in [3.05, 3.63) is 46.6 Å². The van der Waals surface area contributed by atoms with E-state index in [4.69, 9.17) is 11.6 Å². The molecule has 2 aromatic rings. The minimum absolute atomic E-state index is 0.0144. The van der Waals surface area contributed by atoms with Gasteiger partial charge in [0.15, 0.2) is 11.7 Å². The molecule has 0 unspecified atom stereocenters. The Morgan fingerprint density at radius 3 is 2.40 bits per heavy atom. The van der Waals surface area contributed by atoms with Crippen molar-refractivity contribution in [2.24, 2.45) is 0 Å². The maximum absolute atomic E-state index is 13.9. The number of nitrogens with zero attached hydrogens (tertiary/aromatic N) is 3. The number of alkyl halides is 3. The lowest BCUT2D eigenvalue weighted by molar-refractivity contribution is -0.173. The summed E-state index contributed by atoms with van der Waals surface area (Å²) < 4.78 is 42.6. The number of aromatic nitrogens is 2. The summed E-state index contributed by atoms with van der Waals surface area (Å²) in [5.41, 5.74) is 0.601. The third-order valence-electron chi connectivity index (χ3n) is 6.13. The summed E-state index contributed by atoms with van der Waals surface area (Å²) in [6, 6.07) is 6.43. The number of piperidine rings is 1. The van der Waals surface area contributed by atoms with Crippen LogP contribution >= 0.6 is 11.6 Å². The van der Waals surface area contributed by atoms with Gasteiger partial charge < -0.3 is 10.2 Å². The van der Waals surface area contributed by atoms with E-state index < -0.39 is 24.2 Å². The Hall–Kier alpha value is -2.22. The van der Waals surface area contributed by atoms with Gasteiger partial charge in [0.25, 0.3) is 5.91 Å². The van der Waals surface area contributed by atoms with Gasteiger partial charge in [0.1, 0.15) is 10.8 Å². The maximum atomic E-state index is 13.9. The van der Waals surface area contributed by atoms with Gasteiger partial charge in [-0.15, -0.1) is 0 Å². The average Bonchev–Trinajstić information content (AvgIpc) is 3.03. The quantitative estimate of drug-likeness (QED) is 0.661. The fraction of sp³-hybridized carbons (Fsp3) is 0.524. The summed E-state index contributed by atoms with van der Waals surface area (Å²) >= 11 is 6.46. The monoisotopic (exact) mass is 440 g/mol. The molecule has 4 rings (SSSR count). The lowest BCUT2D eigenvalue weighted by atomic mass is 9.97. The average molecular weight is 441 g/mol. The second-order valence-corrected chi connectivity index (χ2v) is 8.58. The normalized spacial score (nSPS) is 26.8. The first-order valence-corrected chi connectivity index (χ1v) is 10.5. The molecule has 2 aliphatic heterocycles. The zero-order valence-electron chi connectivity index (χ0n) is 16.8. The van der Waals surface area contributed by atoms with Crippen LogP contribution in [0.3, 0.4) is 0 Å². The molecule has 5 nitrogen and oxygen atoms in total. The number of anilines is 1. The lowest BCUT2D eigenvalue weighted by Crippen LogP contribution is -2.47. The Labute approximate surface area is 178 Å². The topological polar surface area (TPSA) is 50.2 Å². The SMILES string of the molecule is C[C@@H]1CCC[C@@H](C)N1C(=O)c1nn2c(c1Cl)N[C@H](c1ccccc1)C[C@@H]2C(F)(F)F. The molecule has 1 aromatic heterocycles. The molecule has 1 aromatic carbocycles. The first-order chi connectivity index (χ1) is 14.2. The van der Waals surface area contributed by atoms with Gasteiger partial charge in [-0.1, -0.05) is 41.9 Å². The minimum Gasteiger partial charge on any atom is -0.362 e. The Kier molecular flexibility index (Phi) is 5.46. The van der Waals surface area contributed by atoms with Crippen molar-refractivity contribution in [1.29, 1.82) is 0 Å². The molecular formula is C21H24ClF3N4O. The number of nitrogens with one attached hydrogen (secondary N) is 1. The third kappa shape index (κ3) is 3.66. The van der Waals surface area contributed by atoms with Gasteiger partial charge >= 0.3 is 6.18 Å². The molecule has 4 atom stereocenters. The molecule has 1 N–H and O–H groups in total. The number of fused-ring (bicyclic) bond motifs is 1. The molecule has 0 saturated carbocycles. The summed E-state index contributed by atoms with van der Waals surface area (Å²) in [5.74, 6) is -0.375. The minimum atomic E-state index is -4.52. The van der Waals surface area contributed by atoms with E-state index in [1.165, 1.54) is 0 Å². The summed E-state index contributed by atoms with van der Waals surface area (Å²) in [4.78, 5) is 14.9. The smallest absolute Gasteiger partial charge is 0.362 e. The number of amides is 1. The van der Waals surface area contributed by atoms with E-state index >= 15 is 0 Å². The molecule has 1 saturated heterocycles. The van der Waals surface area contributed by atoms with E-state index in [0.717, 1.165) is 29.5 Å². The Morgan fingerprint density at radius 2 is 1.80 bits per heavy atom. The summed E-state index contributed by atoms with van der Waals surface area (Å²) in [5, 5.41) is 7.11. The van der Waals surface area contributed by atoms with Crippen LogP contribution in [-0.4, -0.2) is 38.8 Å². The highest BCUT2D eigenvalue weighted by molar-refractivity contribution is 6.36. The van der Waals surface area contributed by atoms with Gasteiger partial charge in [-0.3, -0.25) is 4.79 Å². The Balaban J connectivity index is 1.74. The molecule has 9 heteroatoms. The summed E-state index contributed by atoms with van der Waals surface area (Å²) in [6.45, 7) is 3.89. The van der Waals surface area contributed by atoms with Crippen LogP contribution in [0.25, 0.3) is 0 Å². The third-order valence-corrected chi connectivity index (χ3v) is 6.49. The van der Waals surface area contributed by atoms with E-state index in [-0.39, 0.29) is 35.0 Å². The Morgan fingerprint density at radius 1 is 1.17 bits per heavy atom. The van der Waals surface area contributed by atoms with Crippen LogP contribution in [0.2, 0.25) is 5.02 Å². The van der Waals surface area contributed by atoms with Gasteiger partial charge in [0.2, 0.25) is 0 Å². The van der Waals surface area contributed by atoms with E-state index in [1.54, 1.807) is 29.2 Å². The second-order valence-electron chi connectivity index (χ2n) is 8.20. The number of hydrogen-bond acceptors (Lipinski definition) is 3. The zero-order chi connectivity index (χ0) is 21.6. The van der Waals surface area contributed by atoms with Crippen LogP contribution in [0.4, 0.5) is 19.0 Å². The molecule has 0 bridgehead atoms. The molecule has 1 amide bonds. The van der Waals surface area contributed by atoms with E-state index in [1.807, 2.05) is 19.9 Å². The van der Waals surface area contributed by atoms with Gasteiger partial charge in [-0.25, -0.2) is 4.68 Å². The Bertz CT molecular complexity index is 920. The highest BCUT2D eigenvalue weighted by atomic mass is 35.5. The van der Waals surface area contributed by atoms with Crippen molar-refractivity contribution >= 4 is 23.3 Å².